The zero-order valence-electron chi connectivity index (χ0n) is 26.7. The van der Waals surface area contributed by atoms with Gasteiger partial charge in [0.15, 0.2) is 0 Å². The Balaban J connectivity index is 1.75. The van der Waals surface area contributed by atoms with E-state index < -0.39 is 11.7 Å². The average molecular weight is 584 g/mol. The van der Waals surface area contributed by atoms with Gasteiger partial charge in [-0.15, -0.1) is 0 Å². The van der Waals surface area contributed by atoms with Crippen molar-refractivity contribution in [2.45, 2.75) is 123 Å². The third-order valence-corrected chi connectivity index (χ3v) is 8.23. The molecule has 3 heterocycles. The van der Waals surface area contributed by atoms with Crippen LogP contribution >= 0.6 is 0 Å². The first-order valence-corrected chi connectivity index (χ1v) is 15.9. The van der Waals surface area contributed by atoms with Crippen molar-refractivity contribution in [1.82, 2.24) is 15.0 Å². The molecule has 1 aliphatic rings. The molecule has 0 aliphatic carbocycles. The highest BCUT2D eigenvalue weighted by Gasteiger charge is 2.33. The van der Waals surface area contributed by atoms with Gasteiger partial charge in [-0.05, 0) is 40.0 Å². The molecule has 9 heteroatoms. The molecule has 1 unspecified atom stereocenters. The van der Waals surface area contributed by atoms with Gasteiger partial charge in [0, 0.05) is 36.7 Å². The van der Waals surface area contributed by atoms with Crippen LogP contribution in [0.2, 0.25) is 0 Å². The number of halogens is 1. The van der Waals surface area contributed by atoms with E-state index in [1.54, 1.807) is 14.2 Å². The number of H-pyrrole nitrogens is 1. The number of hydrogen-bond acceptors (Lipinski definition) is 6. The van der Waals surface area contributed by atoms with Gasteiger partial charge < -0.3 is 19.4 Å². The molecule has 42 heavy (non-hydrogen) atoms. The van der Waals surface area contributed by atoms with Crippen LogP contribution in [0.1, 0.15) is 111 Å². The molecule has 0 saturated carbocycles. The molecule has 3 aromatic rings. The minimum atomic E-state index is -0.680. The number of nitrogens with one attached hydrogen (secondary N) is 1. The van der Waals surface area contributed by atoms with Crippen LogP contribution in [-0.4, -0.2) is 53.4 Å². The molecule has 4 rings (SSSR count). The normalized spacial score (nSPS) is 15.0. The first-order valence-electron chi connectivity index (χ1n) is 15.9. The summed E-state index contributed by atoms with van der Waals surface area (Å²) in [5.74, 6) is 0.449. The summed E-state index contributed by atoms with van der Waals surface area (Å²) in [6.45, 7) is 10.7. The molecule has 0 fully saturated rings. The Morgan fingerprint density at radius 3 is 2.36 bits per heavy atom. The van der Waals surface area contributed by atoms with E-state index in [1.165, 1.54) is 55.9 Å². The first-order chi connectivity index (χ1) is 20.1. The van der Waals surface area contributed by atoms with Gasteiger partial charge in [0.1, 0.15) is 22.9 Å². The highest BCUT2D eigenvalue weighted by atomic mass is 19.1. The molecule has 0 radical (unpaired) electrons. The Bertz CT molecular complexity index is 1370. The van der Waals surface area contributed by atoms with Crippen LogP contribution in [0.15, 0.2) is 6.07 Å². The van der Waals surface area contributed by atoms with Crippen LogP contribution in [0.25, 0.3) is 21.9 Å². The smallest absolute Gasteiger partial charge is 0.414 e. The molecule has 1 atom stereocenters. The minimum absolute atomic E-state index is 0.0963. The van der Waals surface area contributed by atoms with E-state index in [4.69, 9.17) is 14.5 Å². The second kappa shape index (κ2) is 13.9. The van der Waals surface area contributed by atoms with E-state index in [2.05, 4.69) is 28.7 Å². The molecule has 0 spiro atoms. The van der Waals surface area contributed by atoms with Gasteiger partial charge in [0.25, 0.3) is 0 Å². The van der Waals surface area contributed by atoms with Crippen LogP contribution in [0, 0.1) is 5.82 Å². The SMILES string of the molecule is CCCCCCCCCCC1Cc2c(F)cc(N(C)C(=O)OC(C)(C)C)c3[nH]c4nc(OC)nc(c4c23)N1CCCC. The summed E-state index contributed by atoms with van der Waals surface area (Å²) >= 11 is 0. The summed E-state index contributed by atoms with van der Waals surface area (Å²) in [5.41, 5.74) is 1.61. The molecule has 1 aromatic carbocycles. The Hall–Kier alpha value is -3.10. The van der Waals surface area contributed by atoms with Crippen molar-refractivity contribution in [3.05, 3.63) is 17.4 Å². The van der Waals surface area contributed by atoms with Crippen molar-refractivity contribution >= 4 is 39.5 Å². The molecule has 8 nitrogen and oxygen atoms in total. The van der Waals surface area contributed by atoms with Crippen LogP contribution < -0.4 is 14.5 Å². The summed E-state index contributed by atoms with van der Waals surface area (Å²) in [6, 6.07) is 1.82. The highest BCUT2D eigenvalue weighted by molar-refractivity contribution is 6.18. The maximum atomic E-state index is 16.2. The van der Waals surface area contributed by atoms with E-state index in [0.29, 0.717) is 28.8 Å². The van der Waals surface area contributed by atoms with Crippen LogP contribution in [0.4, 0.5) is 20.7 Å². The molecular weight excluding hydrogens is 533 g/mol. The zero-order valence-corrected chi connectivity index (χ0v) is 26.7. The number of anilines is 2. The number of amides is 1. The third kappa shape index (κ3) is 7.09. The van der Waals surface area contributed by atoms with Gasteiger partial charge in [0.05, 0.1) is 23.7 Å². The highest BCUT2D eigenvalue weighted by Crippen LogP contribution is 2.44. The number of nitrogens with zero attached hydrogens (tertiary/aromatic N) is 4. The van der Waals surface area contributed by atoms with Gasteiger partial charge in [-0.2, -0.15) is 9.97 Å². The Kier molecular flexibility index (Phi) is 10.5. The Morgan fingerprint density at radius 2 is 1.71 bits per heavy atom. The number of carbonyl (C=O) groups excluding carboxylic acids is 1. The number of aromatic amines is 1. The molecule has 2 aromatic heterocycles. The monoisotopic (exact) mass is 583 g/mol. The average Bonchev–Trinajstić information content (AvgIpc) is 3.26. The maximum absolute atomic E-state index is 16.2. The Labute approximate surface area is 250 Å². The number of hydrogen-bond donors (Lipinski definition) is 1. The Morgan fingerprint density at radius 1 is 1.05 bits per heavy atom. The van der Waals surface area contributed by atoms with Crippen LogP contribution in [-0.2, 0) is 11.2 Å². The number of unbranched alkanes of at least 4 members (excludes halogenated alkanes) is 8. The largest absolute Gasteiger partial charge is 0.467 e. The lowest BCUT2D eigenvalue weighted by atomic mass is 9.96. The van der Waals surface area contributed by atoms with Crippen molar-refractivity contribution in [2.75, 3.05) is 30.5 Å². The van der Waals surface area contributed by atoms with Gasteiger partial charge in [-0.1, -0.05) is 71.6 Å². The van der Waals surface area contributed by atoms with Gasteiger partial charge in [0.2, 0.25) is 0 Å². The minimum Gasteiger partial charge on any atom is -0.467 e. The van der Waals surface area contributed by atoms with Gasteiger partial charge in [-0.3, -0.25) is 4.90 Å². The van der Waals surface area contributed by atoms with Crippen molar-refractivity contribution in [1.29, 1.82) is 0 Å². The van der Waals surface area contributed by atoms with E-state index in [9.17, 15) is 4.79 Å². The number of benzene rings is 1. The van der Waals surface area contributed by atoms with E-state index in [1.807, 2.05) is 20.8 Å². The topological polar surface area (TPSA) is 83.6 Å². The second-order valence-electron chi connectivity index (χ2n) is 12.7. The molecule has 0 bridgehead atoms. The predicted molar refractivity (Wildman–Crippen MR) is 170 cm³/mol. The third-order valence-electron chi connectivity index (χ3n) is 8.23. The quantitative estimate of drug-likeness (QED) is 0.191. The number of carbonyl (C=O) groups is 1. The lowest BCUT2D eigenvalue weighted by molar-refractivity contribution is 0.0589. The number of ether oxygens (including phenoxy) is 2. The summed E-state index contributed by atoms with van der Waals surface area (Å²) in [4.78, 5) is 29.7. The fourth-order valence-electron chi connectivity index (χ4n) is 6.05. The number of aromatic nitrogens is 3. The number of methoxy groups -OCH3 is 1. The molecular formula is C33H50FN5O3. The van der Waals surface area contributed by atoms with Crippen molar-refractivity contribution < 1.29 is 18.7 Å². The zero-order chi connectivity index (χ0) is 30.4. The summed E-state index contributed by atoms with van der Waals surface area (Å²) < 4.78 is 27.3. The standard InChI is InChI=1S/C33H50FN5O3/c1-8-10-12-13-14-15-16-17-18-22-20-23-24(34)21-25(38(6)32(40)42-33(3,4)5)28-26(23)27-29(35-28)36-31(41-7)37-30(27)39(22)19-11-9-2/h21-22H,8-20H2,1-7H3,(H,35,36,37). The van der Waals surface area contributed by atoms with E-state index in [0.717, 1.165) is 48.8 Å². The van der Waals surface area contributed by atoms with Crippen molar-refractivity contribution in [3.8, 4) is 6.01 Å². The lowest BCUT2D eigenvalue weighted by Crippen LogP contribution is -2.38. The van der Waals surface area contributed by atoms with Crippen molar-refractivity contribution in [2.24, 2.45) is 0 Å². The number of rotatable bonds is 14. The first kappa shape index (κ1) is 31.8. The fourth-order valence-corrected chi connectivity index (χ4v) is 6.05. The predicted octanol–water partition coefficient (Wildman–Crippen LogP) is 8.69. The lowest BCUT2D eigenvalue weighted by Gasteiger charge is -2.32. The summed E-state index contributed by atoms with van der Waals surface area (Å²) in [6.07, 6.45) is 13.0. The fraction of sp³-hybridized carbons (Fsp3) is 0.667. The molecule has 232 valence electrons. The maximum Gasteiger partial charge on any atom is 0.414 e. The summed E-state index contributed by atoms with van der Waals surface area (Å²) in [7, 11) is 3.17. The van der Waals surface area contributed by atoms with E-state index >= 15 is 4.39 Å². The van der Waals surface area contributed by atoms with Crippen molar-refractivity contribution in [3.63, 3.8) is 0 Å². The molecule has 1 N–H and O–H groups in total. The van der Waals surface area contributed by atoms with Crippen LogP contribution in [0.3, 0.4) is 0 Å². The molecule has 1 aliphatic heterocycles. The molecule has 1 amide bonds. The van der Waals surface area contributed by atoms with Crippen LogP contribution in [0.5, 0.6) is 6.01 Å². The molecule has 0 saturated heterocycles. The second-order valence-corrected chi connectivity index (χ2v) is 12.7. The van der Waals surface area contributed by atoms with Gasteiger partial charge in [-0.25, -0.2) is 9.18 Å². The van der Waals surface area contributed by atoms with Gasteiger partial charge >= 0.3 is 12.1 Å². The summed E-state index contributed by atoms with van der Waals surface area (Å²) in [5, 5.41) is 1.53. The van der Waals surface area contributed by atoms with E-state index in [-0.39, 0.29) is 17.9 Å².